The minimum Gasteiger partial charge on any atom is -0.486 e. The number of hydrogen-bond acceptors (Lipinski definition) is 2. The first-order valence-corrected chi connectivity index (χ1v) is 6.88. The summed E-state index contributed by atoms with van der Waals surface area (Å²) in [6.45, 7) is 2.93. The van der Waals surface area contributed by atoms with Crippen LogP contribution in [0.3, 0.4) is 0 Å². The summed E-state index contributed by atoms with van der Waals surface area (Å²) >= 11 is 6.46. The molecule has 1 heterocycles. The molecule has 0 aliphatic carbocycles. The molecule has 4 heteroatoms. The van der Waals surface area contributed by atoms with Crippen molar-refractivity contribution < 1.29 is 13.9 Å². The number of ether oxygens (including phenoxy) is 2. The first kappa shape index (κ1) is 13.3. The Labute approximate surface area is 122 Å². The predicted molar refractivity (Wildman–Crippen MR) is 76.3 cm³/mol. The molecule has 0 bridgehead atoms. The minimum atomic E-state index is -0.416. The van der Waals surface area contributed by atoms with Crippen LogP contribution in [0.15, 0.2) is 36.4 Å². The summed E-state index contributed by atoms with van der Waals surface area (Å²) in [5, 5.41) is -0.416. The van der Waals surface area contributed by atoms with Crippen LogP contribution in [-0.4, -0.2) is 13.2 Å². The average molecular weight is 293 g/mol. The van der Waals surface area contributed by atoms with Crippen LogP contribution in [0.1, 0.15) is 22.1 Å². The lowest BCUT2D eigenvalue weighted by Gasteiger charge is -2.20. The summed E-state index contributed by atoms with van der Waals surface area (Å²) in [6, 6.07) is 10.4. The summed E-state index contributed by atoms with van der Waals surface area (Å²) in [7, 11) is 0. The molecule has 104 valence electrons. The molecule has 2 nitrogen and oxygen atoms in total. The molecule has 1 aliphatic rings. The van der Waals surface area contributed by atoms with E-state index in [4.69, 9.17) is 21.1 Å². The summed E-state index contributed by atoms with van der Waals surface area (Å²) in [5.41, 5.74) is 2.45. The third-order valence-corrected chi connectivity index (χ3v) is 3.72. The lowest BCUT2D eigenvalue weighted by Crippen LogP contribution is -2.15. The molecule has 3 rings (SSSR count). The van der Waals surface area contributed by atoms with Gasteiger partial charge in [-0.15, -0.1) is 11.6 Å². The van der Waals surface area contributed by atoms with Crippen molar-refractivity contribution in [1.82, 2.24) is 0 Å². The van der Waals surface area contributed by atoms with E-state index < -0.39 is 5.38 Å². The van der Waals surface area contributed by atoms with Gasteiger partial charge in [-0.05, 0) is 47.9 Å². The molecule has 1 atom stereocenters. The Morgan fingerprint density at radius 3 is 2.50 bits per heavy atom. The standard InChI is InChI=1S/C16H14ClFO2/c1-10-6-12(8-13(18)7-10)16(17)11-2-3-14-15(9-11)20-5-4-19-14/h2-3,6-9,16H,4-5H2,1H3. The van der Waals surface area contributed by atoms with Crippen LogP contribution in [0, 0.1) is 12.7 Å². The fraction of sp³-hybridized carbons (Fsp3) is 0.250. The van der Waals surface area contributed by atoms with Gasteiger partial charge in [0.05, 0.1) is 5.38 Å². The zero-order valence-electron chi connectivity index (χ0n) is 11.0. The van der Waals surface area contributed by atoms with Crippen molar-refractivity contribution in [2.75, 3.05) is 13.2 Å². The number of aryl methyl sites for hydroxylation is 1. The van der Waals surface area contributed by atoms with E-state index in [2.05, 4.69) is 0 Å². The maximum atomic E-state index is 13.5. The quantitative estimate of drug-likeness (QED) is 0.771. The van der Waals surface area contributed by atoms with Crippen LogP contribution >= 0.6 is 11.6 Å². The van der Waals surface area contributed by atoms with Gasteiger partial charge in [-0.3, -0.25) is 0 Å². The third-order valence-electron chi connectivity index (χ3n) is 3.22. The van der Waals surface area contributed by atoms with Gasteiger partial charge in [-0.1, -0.05) is 12.1 Å². The van der Waals surface area contributed by atoms with Gasteiger partial charge in [0, 0.05) is 0 Å². The molecule has 0 radical (unpaired) electrons. The molecule has 1 aliphatic heterocycles. The Hall–Kier alpha value is -1.74. The minimum absolute atomic E-state index is 0.275. The smallest absolute Gasteiger partial charge is 0.161 e. The average Bonchev–Trinajstić information content (AvgIpc) is 2.45. The summed E-state index contributed by atoms with van der Waals surface area (Å²) in [4.78, 5) is 0. The van der Waals surface area contributed by atoms with E-state index in [1.165, 1.54) is 12.1 Å². The highest BCUT2D eigenvalue weighted by molar-refractivity contribution is 6.22. The van der Waals surface area contributed by atoms with E-state index in [9.17, 15) is 4.39 Å². The highest BCUT2D eigenvalue weighted by Gasteiger charge is 2.17. The second-order valence-electron chi connectivity index (χ2n) is 4.83. The molecule has 1 unspecified atom stereocenters. The van der Waals surface area contributed by atoms with E-state index in [1.54, 1.807) is 0 Å². The molecule has 0 saturated carbocycles. The first-order valence-electron chi connectivity index (χ1n) is 6.44. The summed E-state index contributed by atoms with van der Waals surface area (Å²) in [5.74, 6) is 1.13. The predicted octanol–water partition coefficient (Wildman–Crippen LogP) is 4.23. The number of hydrogen-bond donors (Lipinski definition) is 0. The van der Waals surface area contributed by atoms with Crippen molar-refractivity contribution >= 4 is 11.6 Å². The van der Waals surface area contributed by atoms with Crippen LogP contribution in [0.25, 0.3) is 0 Å². The van der Waals surface area contributed by atoms with Gasteiger partial charge >= 0.3 is 0 Å². The van der Waals surface area contributed by atoms with Crippen molar-refractivity contribution in [2.45, 2.75) is 12.3 Å². The third kappa shape index (κ3) is 2.59. The van der Waals surface area contributed by atoms with E-state index in [0.717, 1.165) is 22.4 Å². The number of fused-ring (bicyclic) bond motifs is 1. The van der Waals surface area contributed by atoms with Crippen molar-refractivity contribution in [2.24, 2.45) is 0 Å². The molecular weight excluding hydrogens is 279 g/mol. The summed E-state index contributed by atoms with van der Waals surface area (Å²) in [6.07, 6.45) is 0. The molecular formula is C16H14ClFO2. The van der Waals surface area contributed by atoms with Gasteiger partial charge in [0.2, 0.25) is 0 Å². The normalized spacial score (nSPS) is 14.9. The second kappa shape index (κ2) is 5.33. The molecule has 0 N–H and O–H groups in total. The van der Waals surface area contributed by atoms with E-state index in [-0.39, 0.29) is 5.82 Å². The van der Waals surface area contributed by atoms with Crippen molar-refractivity contribution in [3.05, 3.63) is 58.9 Å². The Kier molecular flexibility index (Phi) is 3.53. The molecule has 0 aromatic heterocycles. The lowest BCUT2D eigenvalue weighted by atomic mass is 10.0. The monoisotopic (exact) mass is 292 g/mol. The molecule has 0 saturated heterocycles. The van der Waals surface area contributed by atoms with Gasteiger partial charge in [0.15, 0.2) is 11.5 Å². The zero-order chi connectivity index (χ0) is 14.1. The fourth-order valence-electron chi connectivity index (χ4n) is 2.32. The van der Waals surface area contributed by atoms with E-state index >= 15 is 0 Å². The number of benzene rings is 2. The number of alkyl halides is 1. The lowest BCUT2D eigenvalue weighted by molar-refractivity contribution is 0.171. The maximum absolute atomic E-state index is 13.5. The maximum Gasteiger partial charge on any atom is 0.161 e. The van der Waals surface area contributed by atoms with E-state index in [1.807, 2.05) is 31.2 Å². The molecule has 0 amide bonds. The Balaban J connectivity index is 1.95. The molecule has 20 heavy (non-hydrogen) atoms. The van der Waals surface area contributed by atoms with Crippen LogP contribution in [-0.2, 0) is 0 Å². The van der Waals surface area contributed by atoms with Gasteiger partial charge in [0.25, 0.3) is 0 Å². The Morgan fingerprint density at radius 2 is 1.75 bits per heavy atom. The Morgan fingerprint density at radius 1 is 1.00 bits per heavy atom. The van der Waals surface area contributed by atoms with E-state index in [0.29, 0.717) is 19.0 Å². The van der Waals surface area contributed by atoms with Gasteiger partial charge in [-0.25, -0.2) is 4.39 Å². The molecule has 2 aromatic rings. The highest BCUT2D eigenvalue weighted by atomic mass is 35.5. The van der Waals surface area contributed by atoms with Crippen molar-refractivity contribution in [3.8, 4) is 11.5 Å². The topological polar surface area (TPSA) is 18.5 Å². The molecule has 0 fully saturated rings. The molecule has 0 spiro atoms. The largest absolute Gasteiger partial charge is 0.486 e. The van der Waals surface area contributed by atoms with Crippen LogP contribution < -0.4 is 9.47 Å². The molecule has 2 aromatic carbocycles. The number of rotatable bonds is 2. The van der Waals surface area contributed by atoms with Crippen LogP contribution in [0.4, 0.5) is 4.39 Å². The van der Waals surface area contributed by atoms with Gasteiger partial charge < -0.3 is 9.47 Å². The van der Waals surface area contributed by atoms with Gasteiger partial charge in [0.1, 0.15) is 19.0 Å². The zero-order valence-corrected chi connectivity index (χ0v) is 11.8. The van der Waals surface area contributed by atoms with Crippen molar-refractivity contribution in [3.63, 3.8) is 0 Å². The first-order chi connectivity index (χ1) is 9.63. The highest BCUT2D eigenvalue weighted by Crippen LogP contribution is 2.37. The van der Waals surface area contributed by atoms with Crippen LogP contribution in [0.5, 0.6) is 11.5 Å². The Bertz CT molecular complexity index is 622. The van der Waals surface area contributed by atoms with Crippen LogP contribution in [0.2, 0.25) is 0 Å². The summed E-state index contributed by atoms with van der Waals surface area (Å²) < 4.78 is 24.5. The number of halogens is 2. The van der Waals surface area contributed by atoms with Gasteiger partial charge in [-0.2, -0.15) is 0 Å². The fourth-order valence-corrected chi connectivity index (χ4v) is 2.58. The SMILES string of the molecule is Cc1cc(F)cc(C(Cl)c2ccc3c(c2)OCCO3)c1. The van der Waals surface area contributed by atoms with Crippen molar-refractivity contribution in [1.29, 1.82) is 0 Å². The second-order valence-corrected chi connectivity index (χ2v) is 5.26.